The summed E-state index contributed by atoms with van der Waals surface area (Å²) in [5, 5.41) is 10.0. The van der Waals surface area contributed by atoms with Gasteiger partial charge in [-0.1, -0.05) is 0 Å². The van der Waals surface area contributed by atoms with Crippen molar-refractivity contribution in [1.82, 2.24) is 15.3 Å². The van der Waals surface area contributed by atoms with E-state index in [1.54, 1.807) is 7.11 Å². The molecule has 0 bridgehead atoms. The van der Waals surface area contributed by atoms with Crippen molar-refractivity contribution in [3.63, 3.8) is 0 Å². The molecular formula is C13H23N5O. The first-order valence-corrected chi connectivity index (χ1v) is 6.83. The lowest BCUT2D eigenvalue weighted by atomic mass is 10.1. The molecule has 0 unspecified atom stereocenters. The van der Waals surface area contributed by atoms with Crippen LogP contribution in [0.2, 0.25) is 0 Å². The molecule has 0 aromatic carbocycles. The molecule has 0 amide bonds. The Labute approximate surface area is 114 Å². The summed E-state index contributed by atoms with van der Waals surface area (Å²) in [5.74, 6) is 1.56. The molecule has 0 atom stereocenters. The van der Waals surface area contributed by atoms with Crippen LogP contribution < -0.4 is 16.0 Å². The fourth-order valence-corrected chi connectivity index (χ4v) is 2.16. The Bertz CT molecular complexity index is 393. The summed E-state index contributed by atoms with van der Waals surface area (Å²) in [4.78, 5) is 8.86. The van der Waals surface area contributed by atoms with Crippen LogP contribution in [0.3, 0.4) is 0 Å². The summed E-state index contributed by atoms with van der Waals surface area (Å²) in [7, 11) is 1.68. The summed E-state index contributed by atoms with van der Waals surface area (Å²) in [6.45, 7) is 5.49. The van der Waals surface area contributed by atoms with Gasteiger partial charge in [0.15, 0.2) is 0 Å². The van der Waals surface area contributed by atoms with E-state index in [1.165, 1.54) is 0 Å². The first kappa shape index (κ1) is 14.0. The number of nitrogens with one attached hydrogen (secondary N) is 3. The van der Waals surface area contributed by atoms with Gasteiger partial charge in [0.25, 0.3) is 0 Å². The van der Waals surface area contributed by atoms with Crippen LogP contribution in [-0.2, 0) is 4.74 Å². The minimum atomic E-state index is 0.502. The molecule has 0 saturated carbocycles. The van der Waals surface area contributed by atoms with Gasteiger partial charge in [0, 0.05) is 31.5 Å². The molecule has 6 nitrogen and oxygen atoms in total. The molecule has 1 aliphatic rings. The zero-order chi connectivity index (χ0) is 13.5. The molecule has 2 heterocycles. The van der Waals surface area contributed by atoms with Crippen molar-refractivity contribution in [1.29, 1.82) is 0 Å². The van der Waals surface area contributed by atoms with Crippen molar-refractivity contribution >= 4 is 11.8 Å². The molecule has 0 radical (unpaired) electrons. The van der Waals surface area contributed by atoms with Gasteiger partial charge in [0.2, 0.25) is 5.95 Å². The van der Waals surface area contributed by atoms with Crippen molar-refractivity contribution in [2.75, 3.05) is 44.0 Å². The second-order valence-electron chi connectivity index (χ2n) is 4.81. The van der Waals surface area contributed by atoms with Crippen LogP contribution in [0.25, 0.3) is 0 Å². The summed E-state index contributed by atoms with van der Waals surface area (Å²) in [6, 6.07) is 2.49. The molecule has 1 aromatic rings. The second kappa shape index (κ2) is 7.25. The highest BCUT2D eigenvalue weighted by molar-refractivity contribution is 5.43. The Hall–Kier alpha value is -1.40. The lowest BCUT2D eigenvalue weighted by molar-refractivity contribution is 0.210. The van der Waals surface area contributed by atoms with E-state index in [2.05, 4.69) is 25.9 Å². The molecule has 1 aromatic heterocycles. The largest absolute Gasteiger partial charge is 0.383 e. The standard InChI is InChI=1S/C13H23N5O/c1-10-9-12(17-11-3-5-14-6-4-11)18-13(16-10)15-7-8-19-2/h9,11,14H,3-8H2,1-2H3,(H2,15,16,17,18). The summed E-state index contributed by atoms with van der Waals surface area (Å²) < 4.78 is 5.00. The topological polar surface area (TPSA) is 71.1 Å². The third-order valence-electron chi connectivity index (χ3n) is 3.13. The van der Waals surface area contributed by atoms with Gasteiger partial charge in [-0.15, -0.1) is 0 Å². The Morgan fingerprint density at radius 1 is 1.37 bits per heavy atom. The fraction of sp³-hybridized carbons (Fsp3) is 0.692. The number of nitrogens with zero attached hydrogens (tertiary/aromatic N) is 2. The van der Waals surface area contributed by atoms with Crippen LogP contribution in [0.5, 0.6) is 0 Å². The molecule has 1 fully saturated rings. The maximum atomic E-state index is 5.00. The second-order valence-corrected chi connectivity index (χ2v) is 4.81. The van der Waals surface area contributed by atoms with Crippen LogP contribution in [0.15, 0.2) is 6.07 Å². The van der Waals surface area contributed by atoms with E-state index in [0.717, 1.165) is 37.4 Å². The Morgan fingerprint density at radius 2 is 2.16 bits per heavy atom. The summed E-state index contributed by atoms with van der Waals surface area (Å²) in [5.41, 5.74) is 0.964. The Kier molecular flexibility index (Phi) is 5.35. The smallest absolute Gasteiger partial charge is 0.224 e. The minimum Gasteiger partial charge on any atom is -0.383 e. The number of aryl methyl sites for hydroxylation is 1. The highest BCUT2D eigenvalue weighted by atomic mass is 16.5. The van der Waals surface area contributed by atoms with E-state index in [0.29, 0.717) is 25.1 Å². The molecule has 0 spiro atoms. The maximum Gasteiger partial charge on any atom is 0.224 e. The molecule has 106 valence electrons. The molecular weight excluding hydrogens is 242 g/mol. The summed E-state index contributed by atoms with van der Waals surface area (Å²) >= 11 is 0. The van der Waals surface area contributed by atoms with Crippen LogP contribution in [-0.4, -0.2) is 49.4 Å². The van der Waals surface area contributed by atoms with E-state index >= 15 is 0 Å². The summed E-state index contributed by atoms with van der Waals surface area (Å²) in [6.07, 6.45) is 2.27. The quantitative estimate of drug-likeness (QED) is 0.667. The van der Waals surface area contributed by atoms with Gasteiger partial charge >= 0.3 is 0 Å². The Balaban J connectivity index is 1.95. The average molecular weight is 265 g/mol. The van der Waals surface area contributed by atoms with Gasteiger partial charge in [-0.3, -0.25) is 0 Å². The first-order chi connectivity index (χ1) is 9.28. The van der Waals surface area contributed by atoms with Crippen LogP contribution in [0.1, 0.15) is 18.5 Å². The van der Waals surface area contributed by atoms with E-state index in [9.17, 15) is 0 Å². The van der Waals surface area contributed by atoms with Gasteiger partial charge in [0.1, 0.15) is 5.82 Å². The lowest BCUT2D eigenvalue weighted by Crippen LogP contribution is -2.35. The third kappa shape index (κ3) is 4.65. The predicted octanol–water partition coefficient (Wildman–Crippen LogP) is 1.01. The number of anilines is 2. The van der Waals surface area contributed by atoms with Gasteiger partial charge in [-0.2, -0.15) is 4.98 Å². The van der Waals surface area contributed by atoms with Crippen molar-refractivity contribution < 1.29 is 4.74 Å². The maximum absolute atomic E-state index is 5.00. The Morgan fingerprint density at radius 3 is 2.89 bits per heavy atom. The number of hydrogen-bond donors (Lipinski definition) is 3. The lowest BCUT2D eigenvalue weighted by Gasteiger charge is -2.24. The van der Waals surface area contributed by atoms with Gasteiger partial charge in [-0.25, -0.2) is 4.98 Å². The minimum absolute atomic E-state index is 0.502. The SMILES string of the molecule is COCCNc1nc(C)cc(NC2CCNCC2)n1. The molecule has 0 aliphatic carbocycles. The molecule has 6 heteroatoms. The van der Waals surface area contributed by atoms with Gasteiger partial charge < -0.3 is 20.7 Å². The van der Waals surface area contributed by atoms with E-state index in [-0.39, 0.29) is 0 Å². The van der Waals surface area contributed by atoms with Crippen molar-refractivity contribution in [2.24, 2.45) is 0 Å². The number of rotatable bonds is 6. The first-order valence-electron chi connectivity index (χ1n) is 6.83. The van der Waals surface area contributed by atoms with Crippen LogP contribution >= 0.6 is 0 Å². The highest BCUT2D eigenvalue weighted by Gasteiger charge is 2.13. The average Bonchev–Trinajstić information content (AvgIpc) is 2.39. The monoisotopic (exact) mass is 265 g/mol. The fourth-order valence-electron chi connectivity index (χ4n) is 2.16. The zero-order valence-corrected chi connectivity index (χ0v) is 11.7. The number of methoxy groups -OCH3 is 1. The molecule has 19 heavy (non-hydrogen) atoms. The molecule has 1 aliphatic heterocycles. The van der Waals surface area contributed by atoms with Gasteiger partial charge in [-0.05, 0) is 32.9 Å². The van der Waals surface area contributed by atoms with Gasteiger partial charge in [0.05, 0.1) is 6.61 Å². The van der Waals surface area contributed by atoms with E-state index in [1.807, 2.05) is 13.0 Å². The highest BCUT2D eigenvalue weighted by Crippen LogP contribution is 2.14. The predicted molar refractivity (Wildman–Crippen MR) is 76.6 cm³/mol. The number of hydrogen-bond acceptors (Lipinski definition) is 6. The third-order valence-corrected chi connectivity index (χ3v) is 3.13. The number of aromatic nitrogens is 2. The van der Waals surface area contributed by atoms with E-state index < -0.39 is 0 Å². The molecule has 2 rings (SSSR count). The number of piperidine rings is 1. The van der Waals surface area contributed by atoms with Crippen LogP contribution in [0.4, 0.5) is 11.8 Å². The molecule has 1 saturated heterocycles. The number of ether oxygens (including phenoxy) is 1. The van der Waals surface area contributed by atoms with Crippen LogP contribution in [0, 0.1) is 6.92 Å². The van der Waals surface area contributed by atoms with Crippen molar-refractivity contribution in [2.45, 2.75) is 25.8 Å². The van der Waals surface area contributed by atoms with E-state index in [4.69, 9.17) is 4.74 Å². The van der Waals surface area contributed by atoms with Crippen molar-refractivity contribution in [3.05, 3.63) is 11.8 Å². The van der Waals surface area contributed by atoms with Crippen molar-refractivity contribution in [3.8, 4) is 0 Å². The molecule has 3 N–H and O–H groups in total. The normalized spacial score (nSPS) is 16.3. The zero-order valence-electron chi connectivity index (χ0n) is 11.7.